The second-order valence-electron chi connectivity index (χ2n) is 7.38. The minimum atomic E-state index is 0.0242. The third kappa shape index (κ3) is 6.13. The fourth-order valence-electron chi connectivity index (χ4n) is 3.49. The summed E-state index contributed by atoms with van der Waals surface area (Å²) in [5.41, 5.74) is 1.20. The van der Waals surface area contributed by atoms with Gasteiger partial charge in [-0.3, -0.25) is 9.59 Å². The first kappa shape index (κ1) is 20.4. The number of carbonyl (C=O) groups excluding carboxylic acids is 2. The predicted octanol–water partition coefficient (Wildman–Crippen LogP) is 2.49. The monoisotopic (exact) mass is 359 g/mol. The number of amides is 2. The number of piperazine rings is 1. The van der Waals surface area contributed by atoms with Crippen LogP contribution in [0.1, 0.15) is 45.1 Å². The average molecular weight is 360 g/mol. The Morgan fingerprint density at radius 3 is 2.31 bits per heavy atom. The molecule has 2 amide bonds. The summed E-state index contributed by atoms with van der Waals surface area (Å²) in [6, 6.07) is 10.2. The minimum absolute atomic E-state index is 0.0242. The summed E-state index contributed by atoms with van der Waals surface area (Å²) in [6.45, 7) is 11.4. The van der Waals surface area contributed by atoms with Gasteiger partial charge in [-0.05, 0) is 23.9 Å². The van der Waals surface area contributed by atoms with Gasteiger partial charge in [0.05, 0.1) is 0 Å². The number of rotatable bonds is 8. The molecule has 1 saturated heterocycles. The van der Waals surface area contributed by atoms with Gasteiger partial charge in [-0.25, -0.2) is 0 Å². The van der Waals surface area contributed by atoms with Crippen molar-refractivity contribution in [1.82, 2.24) is 15.1 Å². The highest BCUT2D eigenvalue weighted by Crippen LogP contribution is 2.27. The van der Waals surface area contributed by atoms with Crippen molar-refractivity contribution in [2.45, 2.75) is 39.5 Å². The fraction of sp³-hybridized carbons (Fsp3) is 0.619. The molecule has 5 nitrogen and oxygen atoms in total. The van der Waals surface area contributed by atoms with Crippen molar-refractivity contribution in [1.29, 1.82) is 0 Å². The van der Waals surface area contributed by atoms with E-state index >= 15 is 0 Å². The van der Waals surface area contributed by atoms with Gasteiger partial charge in [-0.2, -0.15) is 0 Å². The zero-order chi connectivity index (χ0) is 18.9. The second-order valence-corrected chi connectivity index (χ2v) is 7.38. The van der Waals surface area contributed by atoms with Gasteiger partial charge in [0.1, 0.15) is 0 Å². The molecule has 0 aromatic heterocycles. The first-order valence-corrected chi connectivity index (χ1v) is 9.83. The first-order chi connectivity index (χ1) is 12.5. The summed E-state index contributed by atoms with van der Waals surface area (Å²) < 4.78 is 0. The molecule has 26 heavy (non-hydrogen) atoms. The van der Waals surface area contributed by atoms with E-state index < -0.39 is 0 Å². The van der Waals surface area contributed by atoms with Crippen LogP contribution in [0.5, 0.6) is 0 Å². The second kappa shape index (κ2) is 10.3. The van der Waals surface area contributed by atoms with Crippen LogP contribution in [0.3, 0.4) is 0 Å². The highest BCUT2D eigenvalue weighted by molar-refractivity contribution is 5.79. The molecule has 1 aliphatic rings. The summed E-state index contributed by atoms with van der Waals surface area (Å²) >= 11 is 0. The maximum absolute atomic E-state index is 12.3. The van der Waals surface area contributed by atoms with E-state index in [1.165, 1.54) is 5.56 Å². The van der Waals surface area contributed by atoms with E-state index in [0.717, 1.165) is 32.7 Å². The van der Waals surface area contributed by atoms with Crippen LogP contribution in [0.25, 0.3) is 0 Å². The number of hydrogen-bond donors (Lipinski definition) is 1. The number of nitrogens with zero attached hydrogens (tertiary/aromatic N) is 2. The van der Waals surface area contributed by atoms with Crippen LogP contribution < -0.4 is 5.32 Å². The van der Waals surface area contributed by atoms with Crippen LogP contribution in [0.4, 0.5) is 0 Å². The quantitative estimate of drug-likeness (QED) is 0.776. The van der Waals surface area contributed by atoms with Gasteiger partial charge in [0, 0.05) is 45.6 Å². The number of hydrogen-bond acceptors (Lipinski definition) is 3. The van der Waals surface area contributed by atoms with E-state index in [2.05, 4.69) is 43.1 Å². The lowest BCUT2D eigenvalue weighted by Gasteiger charge is -2.34. The molecular formula is C21H33N3O2. The smallest absolute Gasteiger partial charge is 0.224 e. The number of likely N-dealkylation sites (N-methyl/N-ethyl adjacent to an activating group) is 1. The summed E-state index contributed by atoms with van der Waals surface area (Å²) in [7, 11) is 0. The highest BCUT2D eigenvalue weighted by atomic mass is 16.2. The predicted molar refractivity (Wildman–Crippen MR) is 105 cm³/mol. The van der Waals surface area contributed by atoms with E-state index in [-0.39, 0.29) is 17.7 Å². The Balaban J connectivity index is 1.73. The molecule has 1 N–H and O–H groups in total. The summed E-state index contributed by atoms with van der Waals surface area (Å²) in [5, 5.41) is 2.93. The van der Waals surface area contributed by atoms with Gasteiger partial charge in [0.15, 0.2) is 0 Å². The van der Waals surface area contributed by atoms with Crippen LogP contribution in [0.15, 0.2) is 30.3 Å². The van der Waals surface area contributed by atoms with E-state index in [0.29, 0.717) is 25.3 Å². The Hall–Kier alpha value is -1.88. The molecule has 0 bridgehead atoms. The van der Waals surface area contributed by atoms with Crippen LogP contribution in [-0.4, -0.2) is 60.9 Å². The molecule has 0 spiro atoms. The van der Waals surface area contributed by atoms with Crippen molar-refractivity contribution in [3.8, 4) is 0 Å². The number of carbonyl (C=O) groups is 2. The van der Waals surface area contributed by atoms with Gasteiger partial charge in [-0.1, -0.05) is 51.1 Å². The molecule has 1 aromatic carbocycles. The normalized spacial score (nSPS) is 16.5. The Labute approximate surface area is 157 Å². The van der Waals surface area contributed by atoms with Gasteiger partial charge < -0.3 is 15.1 Å². The van der Waals surface area contributed by atoms with Crippen molar-refractivity contribution in [3.05, 3.63) is 35.9 Å². The van der Waals surface area contributed by atoms with Crippen molar-refractivity contribution in [2.24, 2.45) is 5.92 Å². The lowest BCUT2D eigenvalue weighted by atomic mass is 9.85. The Bertz CT molecular complexity index is 566. The van der Waals surface area contributed by atoms with Gasteiger partial charge in [-0.15, -0.1) is 0 Å². The molecule has 1 fully saturated rings. The van der Waals surface area contributed by atoms with Crippen molar-refractivity contribution < 1.29 is 9.59 Å². The van der Waals surface area contributed by atoms with Crippen molar-refractivity contribution in [3.63, 3.8) is 0 Å². The third-order valence-corrected chi connectivity index (χ3v) is 5.27. The molecule has 0 saturated carbocycles. The molecule has 1 aromatic rings. The topological polar surface area (TPSA) is 52.6 Å². The van der Waals surface area contributed by atoms with E-state index in [1.54, 1.807) is 0 Å². The Morgan fingerprint density at radius 1 is 1.08 bits per heavy atom. The van der Waals surface area contributed by atoms with Crippen molar-refractivity contribution in [2.75, 3.05) is 39.3 Å². The maximum Gasteiger partial charge on any atom is 0.224 e. The van der Waals surface area contributed by atoms with Gasteiger partial charge >= 0.3 is 0 Å². The molecule has 144 valence electrons. The maximum atomic E-state index is 12.3. The van der Waals surface area contributed by atoms with Crippen LogP contribution in [0, 0.1) is 5.92 Å². The molecule has 1 atom stereocenters. The third-order valence-electron chi connectivity index (χ3n) is 5.27. The van der Waals surface area contributed by atoms with E-state index in [1.807, 2.05) is 23.1 Å². The average Bonchev–Trinajstić information content (AvgIpc) is 2.66. The van der Waals surface area contributed by atoms with E-state index in [4.69, 9.17) is 0 Å². The van der Waals surface area contributed by atoms with Gasteiger partial charge in [0.25, 0.3) is 0 Å². The summed E-state index contributed by atoms with van der Waals surface area (Å²) in [5.74, 6) is 0.759. The van der Waals surface area contributed by atoms with Crippen molar-refractivity contribution >= 4 is 11.8 Å². The zero-order valence-corrected chi connectivity index (χ0v) is 16.4. The lowest BCUT2D eigenvalue weighted by molar-refractivity contribution is -0.132. The summed E-state index contributed by atoms with van der Waals surface area (Å²) in [4.78, 5) is 28.9. The molecule has 1 heterocycles. The molecule has 1 unspecified atom stereocenters. The molecule has 5 heteroatoms. The number of benzene rings is 1. The Morgan fingerprint density at radius 2 is 1.73 bits per heavy atom. The minimum Gasteiger partial charge on any atom is -0.356 e. The molecule has 2 rings (SSSR count). The first-order valence-electron chi connectivity index (χ1n) is 9.83. The van der Waals surface area contributed by atoms with Crippen LogP contribution in [-0.2, 0) is 9.59 Å². The zero-order valence-electron chi connectivity index (χ0n) is 16.4. The van der Waals surface area contributed by atoms with Crippen LogP contribution in [0.2, 0.25) is 0 Å². The molecular weight excluding hydrogens is 326 g/mol. The van der Waals surface area contributed by atoms with E-state index in [9.17, 15) is 9.59 Å². The van der Waals surface area contributed by atoms with Crippen LogP contribution >= 0.6 is 0 Å². The SMILES string of the molecule is CCN1CCN(C(=O)CCNC(=O)CC(c2ccccc2)C(C)C)CC1. The van der Waals surface area contributed by atoms with Gasteiger partial charge in [0.2, 0.25) is 11.8 Å². The molecule has 0 aliphatic carbocycles. The number of nitrogens with one attached hydrogen (secondary N) is 1. The largest absolute Gasteiger partial charge is 0.356 e. The fourth-order valence-corrected chi connectivity index (χ4v) is 3.49. The lowest BCUT2D eigenvalue weighted by Crippen LogP contribution is -2.49. The molecule has 0 radical (unpaired) electrons. The molecule has 1 aliphatic heterocycles. The Kier molecular flexibility index (Phi) is 8.10. The summed E-state index contributed by atoms with van der Waals surface area (Å²) in [6.07, 6.45) is 0.848. The standard InChI is InChI=1S/C21H33N3O2/c1-4-23-12-14-24(15-13-23)21(26)10-11-22-20(25)16-19(17(2)3)18-8-6-5-7-9-18/h5-9,17,19H,4,10-16H2,1-3H3,(H,22,25). The highest BCUT2D eigenvalue weighted by Gasteiger charge is 2.21.